The zero-order valence-electron chi connectivity index (χ0n) is 11.3. The van der Waals surface area contributed by atoms with Crippen molar-refractivity contribution in [3.05, 3.63) is 0 Å². The molecule has 2 N–H and O–H groups in total. The van der Waals surface area contributed by atoms with Crippen LogP contribution in [0.25, 0.3) is 0 Å². The highest BCUT2D eigenvalue weighted by Gasteiger charge is 2.28. The third-order valence-electron chi connectivity index (χ3n) is 2.60. The molecule has 0 aromatic rings. The lowest BCUT2D eigenvalue weighted by Crippen LogP contribution is -2.35. The van der Waals surface area contributed by atoms with Gasteiger partial charge in [0.05, 0.1) is 13.2 Å². The van der Waals surface area contributed by atoms with Gasteiger partial charge in [-0.2, -0.15) is 0 Å². The topological polar surface area (TPSA) is 76.0 Å². The molecule has 1 aliphatic rings. The number of hydrogen-bond donors (Lipinski definition) is 2. The number of aliphatic hydroxyl groups is 2. The maximum absolute atomic E-state index is 10.3. The first-order chi connectivity index (χ1) is 8.74. The molecule has 0 radical (unpaired) electrons. The first-order valence-electron chi connectivity index (χ1n) is 6.83. The predicted molar refractivity (Wildman–Crippen MR) is 68.1 cm³/mol. The Labute approximate surface area is 109 Å². The maximum atomic E-state index is 10.3. The van der Waals surface area contributed by atoms with Crippen molar-refractivity contribution in [2.75, 3.05) is 13.2 Å². The summed E-state index contributed by atoms with van der Waals surface area (Å²) in [5.74, 6) is 0. The molecule has 0 aromatic carbocycles. The van der Waals surface area contributed by atoms with Gasteiger partial charge < -0.3 is 19.7 Å². The monoisotopic (exact) mass is 262 g/mol. The molecule has 1 fully saturated rings. The molecule has 1 heterocycles. The van der Waals surface area contributed by atoms with Crippen LogP contribution < -0.4 is 0 Å². The number of ether oxygens (including phenoxy) is 2. The van der Waals surface area contributed by atoms with Gasteiger partial charge in [-0.15, -0.1) is 0 Å². The number of rotatable bonds is 9. The third-order valence-corrected chi connectivity index (χ3v) is 2.60. The van der Waals surface area contributed by atoms with Gasteiger partial charge in [0.1, 0.15) is 0 Å². The van der Waals surface area contributed by atoms with Crippen LogP contribution in [0.1, 0.15) is 58.3 Å². The quantitative estimate of drug-likeness (QED) is 0.493. The molecule has 1 saturated heterocycles. The van der Waals surface area contributed by atoms with Crippen molar-refractivity contribution < 1.29 is 24.5 Å². The van der Waals surface area contributed by atoms with E-state index >= 15 is 0 Å². The first-order valence-corrected chi connectivity index (χ1v) is 6.83. The van der Waals surface area contributed by atoms with Gasteiger partial charge in [0.2, 0.25) is 0 Å². The Hall–Kier alpha value is -0.810. The molecule has 18 heavy (non-hydrogen) atoms. The number of carbonyl (C=O) groups is 1. The zero-order chi connectivity index (χ0) is 13.6. The largest absolute Gasteiger partial charge is 0.514 e. The van der Waals surface area contributed by atoms with E-state index in [1.54, 1.807) is 0 Å². The van der Waals surface area contributed by atoms with Crippen LogP contribution in [-0.4, -0.2) is 35.9 Å². The second-order valence-electron chi connectivity index (χ2n) is 4.27. The van der Waals surface area contributed by atoms with Crippen LogP contribution in [-0.2, 0) is 9.47 Å². The summed E-state index contributed by atoms with van der Waals surface area (Å²) >= 11 is 0. The minimum Gasteiger partial charge on any atom is -0.394 e. The van der Waals surface area contributed by atoms with Crippen molar-refractivity contribution in [2.45, 2.75) is 64.6 Å². The van der Waals surface area contributed by atoms with Gasteiger partial charge in [-0.25, -0.2) is 4.79 Å². The van der Waals surface area contributed by atoms with Crippen LogP contribution in [0.4, 0.5) is 4.79 Å². The summed E-state index contributed by atoms with van der Waals surface area (Å²) in [5.41, 5.74) is 0. The fourth-order valence-corrected chi connectivity index (χ4v) is 1.61. The summed E-state index contributed by atoms with van der Waals surface area (Å²) in [6.07, 6.45) is 9.06. The van der Waals surface area contributed by atoms with E-state index < -0.39 is 6.16 Å². The van der Waals surface area contributed by atoms with E-state index in [4.69, 9.17) is 19.7 Å². The number of aliphatic hydroxyl groups excluding tert-OH is 2. The fraction of sp³-hybridized carbons (Fsp3) is 0.923. The molecule has 0 aliphatic carbocycles. The highest BCUT2D eigenvalue weighted by atomic mass is 16.9. The fourth-order valence-electron chi connectivity index (χ4n) is 1.61. The van der Waals surface area contributed by atoms with Gasteiger partial charge in [0.15, 0.2) is 0 Å². The number of cyclic esters (lactones) is 2. The standard InChI is InChI=1S/C11H20O3.C2H6O2/c1-2-3-4-5-6-7-8-9-10-13-11(12)14-10;3-1-2-4/h10H,2-9H2,1H3;3-4H,1-2H2. The summed E-state index contributed by atoms with van der Waals surface area (Å²) in [6.45, 7) is 1.97. The molecule has 1 aliphatic heterocycles. The zero-order valence-corrected chi connectivity index (χ0v) is 11.3. The third kappa shape index (κ3) is 10.4. The first kappa shape index (κ1) is 17.2. The highest BCUT2D eigenvalue weighted by Crippen LogP contribution is 2.18. The van der Waals surface area contributed by atoms with E-state index in [0.717, 1.165) is 12.8 Å². The Balaban J connectivity index is 0.000000631. The van der Waals surface area contributed by atoms with Gasteiger partial charge in [-0.05, 0) is 6.42 Å². The Kier molecular flexibility index (Phi) is 12.1. The van der Waals surface area contributed by atoms with Crippen molar-refractivity contribution in [2.24, 2.45) is 0 Å². The smallest absolute Gasteiger partial charge is 0.394 e. The highest BCUT2D eigenvalue weighted by molar-refractivity contribution is 5.63. The Morgan fingerprint density at radius 1 is 0.944 bits per heavy atom. The molecular weight excluding hydrogens is 236 g/mol. The van der Waals surface area contributed by atoms with E-state index in [-0.39, 0.29) is 19.5 Å². The minimum atomic E-state index is -0.516. The number of carbonyl (C=O) groups excluding carboxylic acids is 1. The lowest BCUT2D eigenvalue weighted by molar-refractivity contribution is -0.185. The lowest BCUT2D eigenvalue weighted by Gasteiger charge is -2.25. The molecule has 5 nitrogen and oxygen atoms in total. The molecule has 5 heteroatoms. The van der Waals surface area contributed by atoms with Gasteiger partial charge >= 0.3 is 6.16 Å². The molecule has 0 unspecified atom stereocenters. The lowest BCUT2D eigenvalue weighted by atomic mass is 10.1. The summed E-state index contributed by atoms with van der Waals surface area (Å²) < 4.78 is 9.45. The molecule has 0 spiro atoms. The second-order valence-corrected chi connectivity index (χ2v) is 4.27. The number of hydrogen-bond acceptors (Lipinski definition) is 5. The molecule has 0 bridgehead atoms. The normalized spacial score (nSPS) is 14.1. The number of unbranched alkanes of at least 4 members (excludes halogenated alkanes) is 6. The average Bonchev–Trinajstić information content (AvgIpc) is 2.35. The van der Waals surface area contributed by atoms with Crippen LogP contribution in [0.5, 0.6) is 0 Å². The summed E-state index contributed by atoms with van der Waals surface area (Å²) in [7, 11) is 0. The van der Waals surface area contributed by atoms with Crippen LogP contribution in [0.2, 0.25) is 0 Å². The Morgan fingerprint density at radius 2 is 1.44 bits per heavy atom. The molecule has 1 rings (SSSR count). The van der Waals surface area contributed by atoms with Crippen LogP contribution in [0, 0.1) is 0 Å². The van der Waals surface area contributed by atoms with Gasteiger partial charge in [0, 0.05) is 6.42 Å². The Bertz CT molecular complexity index is 186. The van der Waals surface area contributed by atoms with E-state index in [2.05, 4.69) is 6.92 Å². The maximum Gasteiger partial charge on any atom is 0.514 e. The molecule has 0 amide bonds. The molecule has 0 aromatic heterocycles. The van der Waals surface area contributed by atoms with Gasteiger partial charge in [-0.3, -0.25) is 0 Å². The van der Waals surface area contributed by atoms with Gasteiger partial charge in [0.25, 0.3) is 6.29 Å². The van der Waals surface area contributed by atoms with Crippen molar-refractivity contribution in [1.29, 1.82) is 0 Å². The van der Waals surface area contributed by atoms with Crippen molar-refractivity contribution >= 4 is 6.16 Å². The van der Waals surface area contributed by atoms with Crippen molar-refractivity contribution in [1.82, 2.24) is 0 Å². The van der Waals surface area contributed by atoms with E-state index in [9.17, 15) is 4.79 Å². The van der Waals surface area contributed by atoms with Gasteiger partial charge in [-0.1, -0.05) is 45.4 Å². The van der Waals surface area contributed by atoms with Crippen LogP contribution in [0.3, 0.4) is 0 Å². The molecular formula is C13H26O5. The van der Waals surface area contributed by atoms with Crippen LogP contribution in [0.15, 0.2) is 0 Å². The predicted octanol–water partition coefficient (Wildman–Crippen LogP) is 2.59. The van der Waals surface area contributed by atoms with E-state index in [1.807, 2.05) is 0 Å². The second kappa shape index (κ2) is 12.6. The molecule has 108 valence electrons. The van der Waals surface area contributed by atoms with E-state index in [0.29, 0.717) is 0 Å². The molecule has 0 atom stereocenters. The SMILES string of the molecule is CCCCCCCCCC1OC(=O)O1.OCCO. The minimum absolute atomic E-state index is 0.125. The summed E-state index contributed by atoms with van der Waals surface area (Å²) in [4.78, 5) is 10.3. The summed E-state index contributed by atoms with van der Waals surface area (Å²) in [5, 5.41) is 15.2. The van der Waals surface area contributed by atoms with E-state index in [1.165, 1.54) is 38.5 Å². The summed E-state index contributed by atoms with van der Waals surface area (Å²) in [6, 6.07) is 0. The van der Waals surface area contributed by atoms with Crippen molar-refractivity contribution in [3.63, 3.8) is 0 Å². The van der Waals surface area contributed by atoms with Crippen LogP contribution >= 0.6 is 0 Å². The van der Waals surface area contributed by atoms with Crippen molar-refractivity contribution in [3.8, 4) is 0 Å². The Morgan fingerprint density at radius 3 is 1.89 bits per heavy atom. The molecule has 0 saturated carbocycles. The average molecular weight is 262 g/mol.